The molecule has 0 saturated heterocycles. The number of aromatic carboxylic acids is 1. The fourth-order valence-electron chi connectivity index (χ4n) is 2.80. The van der Waals surface area contributed by atoms with E-state index in [4.69, 9.17) is 11.6 Å². The fourth-order valence-corrected chi connectivity index (χ4v) is 2.99. The van der Waals surface area contributed by atoms with Gasteiger partial charge in [0.1, 0.15) is 0 Å². The monoisotopic (exact) mass is 352 g/mol. The summed E-state index contributed by atoms with van der Waals surface area (Å²) < 4.78 is 0. The summed E-state index contributed by atoms with van der Waals surface area (Å²) in [6.45, 7) is 0.462. The van der Waals surface area contributed by atoms with Crippen LogP contribution < -0.4 is 5.32 Å². The number of H-pyrrole nitrogens is 1. The number of rotatable bonds is 4. The summed E-state index contributed by atoms with van der Waals surface area (Å²) in [5.41, 5.74) is 3.31. The molecule has 124 valence electrons. The normalized spacial score (nSPS) is 11.1. The Bertz CT molecular complexity index is 1110. The van der Waals surface area contributed by atoms with Gasteiger partial charge in [-0.3, -0.25) is 10.1 Å². The van der Waals surface area contributed by atoms with Crippen LogP contribution in [-0.2, 0) is 6.54 Å². The van der Waals surface area contributed by atoms with E-state index in [1.54, 1.807) is 24.4 Å². The lowest BCUT2D eigenvalue weighted by Gasteiger charge is -2.09. The van der Waals surface area contributed by atoms with Crippen molar-refractivity contribution in [2.75, 3.05) is 5.32 Å². The molecule has 4 rings (SSSR count). The average molecular weight is 353 g/mol. The molecule has 0 aliphatic carbocycles. The van der Waals surface area contributed by atoms with E-state index < -0.39 is 5.97 Å². The predicted octanol–water partition coefficient (Wildman–Crippen LogP) is 4.07. The first kappa shape index (κ1) is 15.4. The number of carboxylic acids is 1. The Morgan fingerprint density at radius 2 is 2.08 bits per heavy atom. The van der Waals surface area contributed by atoms with Gasteiger partial charge in [-0.1, -0.05) is 17.7 Å². The zero-order chi connectivity index (χ0) is 17.4. The van der Waals surface area contributed by atoms with Gasteiger partial charge in [-0.25, -0.2) is 4.79 Å². The molecule has 3 N–H and O–H groups in total. The van der Waals surface area contributed by atoms with Gasteiger partial charge in [0.2, 0.25) is 0 Å². The Hall–Kier alpha value is -3.12. The van der Waals surface area contributed by atoms with Gasteiger partial charge in [-0.2, -0.15) is 5.10 Å². The second-order valence-corrected chi connectivity index (χ2v) is 6.05. The summed E-state index contributed by atoms with van der Waals surface area (Å²) in [5.74, 6) is -0.980. The van der Waals surface area contributed by atoms with Crippen LogP contribution in [0.3, 0.4) is 0 Å². The van der Waals surface area contributed by atoms with E-state index in [0.717, 1.165) is 27.7 Å². The summed E-state index contributed by atoms with van der Waals surface area (Å²) >= 11 is 6.00. The zero-order valence-electron chi connectivity index (χ0n) is 13.0. The molecule has 2 heterocycles. The number of halogens is 1. The smallest absolute Gasteiger partial charge is 0.335 e. The molecule has 0 amide bonds. The number of hydrogen-bond donors (Lipinski definition) is 3. The highest BCUT2D eigenvalue weighted by Gasteiger charge is 2.12. The van der Waals surface area contributed by atoms with E-state index in [9.17, 15) is 9.90 Å². The molecule has 0 fully saturated rings. The number of pyridine rings is 1. The summed E-state index contributed by atoms with van der Waals surface area (Å²) in [6, 6.07) is 12.3. The standard InChI is InChI=1S/C18H13ClN4O2/c19-11-2-1-3-12(7-11)20-9-16-14-8-21-23-17(14)13-5-4-10(18(24)25)6-15(13)22-16/h1-8,20H,9H2,(H,21,23)(H,24,25). The summed E-state index contributed by atoms with van der Waals surface area (Å²) in [6.07, 6.45) is 1.72. The lowest BCUT2D eigenvalue weighted by atomic mass is 10.1. The van der Waals surface area contributed by atoms with Crippen LogP contribution >= 0.6 is 11.6 Å². The SMILES string of the molecule is O=C(O)c1ccc2c(c1)nc(CNc1cccc(Cl)c1)c1cn[nH]c12. The number of hydrogen-bond acceptors (Lipinski definition) is 4. The molecule has 0 saturated carbocycles. The average Bonchev–Trinajstić information content (AvgIpc) is 3.09. The molecule has 25 heavy (non-hydrogen) atoms. The Labute approximate surface area is 147 Å². The first-order chi connectivity index (χ1) is 12.1. The van der Waals surface area contributed by atoms with E-state index in [2.05, 4.69) is 20.5 Å². The third-order valence-corrected chi connectivity index (χ3v) is 4.24. The molecule has 0 radical (unpaired) electrons. The Morgan fingerprint density at radius 1 is 1.20 bits per heavy atom. The molecule has 0 spiro atoms. The maximum atomic E-state index is 11.2. The minimum Gasteiger partial charge on any atom is -0.478 e. The molecular weight excluding hydrogens is 340 g/mol. The minimum absolute atomic E-state index is 0.201. The number of aromatic nitrogens is 3. The van der Waals surface area contributed by atoms with Crippen LogP contribution in [0.2, 0.25) is 5.02 Å². The molecule has 7 heteroatoms. The maximum absolute atomic E-state index is 11.2. The van der Waals surface area contributed by atoms with Crippen LogP contribution in [0.4, 0.5) is 5.69 Å². The van der Waals surface area contributed by atoms with Crippen molar-refractivity contribution in [1.29, 1.82) is 0 Å². The van der Waals surface area contributed by atoms with Gasteiger partial charge in [0.25, 0.3) is 0 Å². The Morgan fingerprint density at radius 3 is 2.88 bits per heavy atom. The topological polar surface area (TPSA) is 90.9 Å². The van der Waals surface area contributed by atoms with Crippen molar-refractivity contribution in [3.05, 3.63) is 64.9 Å². The van der Waals surface area contributed by atoms with Crippen LogP contribution in [0, 0.1) is 0 Å². The molecule has 6 nitrogen and oxygen atoms in total. The molecule has 0 aliphatic heterocycles. The van der Waals surface area contributed by atoms with Gasteiger partial charge in [0.15, 0.2) is 0 Å². The quantitative estimate of drug-likeness (QED) is 0.515. The maximum Gasteiger partial charge on any atom is 0.335 e. The molecule has 0 bridgehead atoms. The molecule has 2 aromatic carbocycles. The van der Waals surface area contributed by atoms with Crippen molar-refractivity contribution < 1.29 is 9.90 Å². The van der Waals surface area contributed by atoms with Gasteiger partial charge < -0.3 is 10.4 Å². The summed E-state index contributed by atoms with van der Waals surface area (Å²) in [5, 5.41) is 21.9. The molecular formula is C18H13ClN4O2. The molecule has 0 aliphatic rings. The first-order valence-corrected chi connectivity index (χ1v) is 7.98. The van der Waals surface area contributed by atoms with E-state index >= 15 is 0 Å². The van der Waals surface area contributed by atoms with Crippen LogP contribution in [0.5, 0.6) is 0 Å². The lowest BCUT2D eigenvalue weighted by Crippen LogP contribution is -2.03. The third kappa shape index (κ3) is 2.88. The largest absolute Gasteiger partial charge is 0.478 e. The zero-order valence-corrected chi connectivity index (χ0v) is 13.7. The Kier molecular flexibility index (Phi) is 3.74. The second-order valence-electron chi connectivity index (χ2n) is 5.62. The number of fused-ring (bicyclic) bond motifs is 3. The molecule has 4 aromatic rings. The molecule has 0 unspecified atom stereocenters. The van der Waals surface area contributed by atoms with E-state index in [1.165, 1.54) is 0 Å². The van der Waals surface area contributed by atoms with Gasteiger partial charge >= 0.3 is 5.97 Å². The number of benzene rings is 2. The van der Waals surface area contributed by atoms with Crippen molar-refractivity contribution in [2.24, 2.45) is 0 Å². The molecule has 2 aromatic heterocycles. The number of nitrogens with zero attached hydrogens (tertiary/aromatic N) is 2. The van der Waals surface area contributed by atoms with Crippen LogP contribution in [0.1, 0.15) is 16.1 Å². The van der Waals surface area contributed by atoms with Crippen molar-refractivity contribution in [2.45, 2.75) is 6.54 Å². The van der Waals surface area contributed by atoms with E-state index in [-0.39, 0.29) is 5.56 Å². The second kappa shape index (κ2) is 6.07. The van der Waals surface area contributed by atoms with E-state index in [1.807, 2.05) is 24.3 Å². The number of anilines is 1. The number of carboxylic acid groups (broad SMARTS) is 1. The van der Waals surface area contributed by atoms with Crippen LogP contribution in [0.15, 0.2) is 48.7 Å². The van der Waals surface area contributed by atoms with Gasteiger partial charge in [-0.15, -0.1) is 0 Å². The van der Waals surface area contributed by atoms with Gasteiger partial charge in [0.05, 0.1) is 35.0 Å². The van der Waals surface area contributed by atoms with Crippen molar-refractivity contribution in [3.63, 3.8) is 0 Å². The van der Waals surface area contributed by atoms with Gasteiger partial charge in [-0.05, 0) is 36.4 Å². The fraction of sp³-hybridized carbons (Fsp3) is 0.0556. The van der Waals surface area contributed by atoms with Crippen molar-refractivity contribution >= 4 is 45.1 Å². The highest BCUT2D eigenvalue weighted by Crippen LogP contribution is 2.26. The third-order valence-electron chi connectivity index (χ3n) is 4.00. The van der Waals surface area contributed by atoms with E-state index in [0.29, 0.717) is 17.1 Å². The highest BCUT2D eigenvalue weighted by molar-refractivity contribution is 6.30. The minimum atomic E-state index is -0.980. The number of aromatic amines is 1. The van der Waals surface area contributed by atoms with Crippen molar-refractivity contribution in [3.8, 4) is 0 Å². The van der Waals surface area contributed by atoms with Gasteiger partial charge in [0, 0.05) is 21.5 Å². The first-order valence-electron chi connectivity index (χ1n) is 7.60. The summed E-state index contributed by atoms with van der Waals surface area (Å²) in [4.78, 5) is 15.9. The summed E-state index contributed by atoms with van der Waals surface area (Å²) in [7, 11) is 0. The van der Waals surface area contributed by atoms with Crippen LogP contribution in [-0.4, -0.2) is 26.3 Å². The molecule has 0 atom stereocenters. The predicted molar refractivity (Wildman–Crippen MR) is 97.1 cm³/mol. The van der Waals surface area contributed by atoms with Crippen LogP contribution in [0.25, 0.3) is 21.8 Å². The van der Waals surface area contributed by atoms with Crippen molar-refractivity contribution in [1.82, 2.24) is 15.2 Å². The lowest BCUT2D eigenvalue weighted by molar-refractivity contribution is 0.0697. The highest BCUT2D eigenvalue weighted by atomic mass is 35.5. The number of carbonyl (C=O) groups is 1. The number of nitrogens with one attached hydrogen (secondary N) is 2. The Balaban J connectivity index is 1.78.